The number of benzene rings is 2. The smallest absolute Gasteiger partial charge is 0.305 e. The minimum absolute atomic E-state index is 0.0869. The van der Waals surface area contributed by atoms with Gasteiger partial charge in [-0.1, -0.05) is 30.3 Å². The summed E-state index contributed by atoms with van der Waals surface area (Å²) in [5.74, 6) is -0.490. The van der Waals surface area contributed by atoms with Crippen LogP contribution >= 0.6 is 0 Å². The highest BCUT2D eigenvalue weighted by Gasteiger charge is 2.23. The predicted octanol–water partition coefficient (Wildman–Crippen LogP) is 2.19. The van der Waals surface area contributed by atoms with E-state index in [2.05, 4.69) is 4.72 Å². The average Bonchev–Trinajstić information content (AvgIpc) is 2.54. The molecule has 0 aliphatic rings. The van der Waals surface area contributed by atoms with E-state index in [0.29, 0.717) is 11.3 Å². The van der Waals surface area contributed by atoms with E-state index in [9.17, 15) is 13.2 Å². The Kier molecular flexibility index (Phi) is 5.36. The maximum Gasteiger partial charge on any atom is 0.305 e. The van der Waals surface area contributed by atoms with Crippen molar-refractivity contribution in [2.45, 2.75) is 17.4 Å². The molecule has 1 atom stereocenters. The minimum atomic E-state index is -3.81. The fourth-order valence-electron chi connectivity index (χ4n) is 2.09. The van der Waals surface area contributed by atoms with E-state index in [-0.39, 0.29) is 11.3 Å². The monoisotopic (exact) mass is 335 g/mol. The second kappa shape index (κ2) is 7.26. The molecule has 0 bridgehead atoms. The van der Waals surface area contributed by atoms with Crippen molar-refractivity contribution in [2.24, 2.45) is 0 Å². The van der Waals surface area contributed by atoms with Crippen molar-refractivity contribution in [1.82, 2.24) is 4.72 Å². The molecule has 0 aliphatic heterocycles. The Morgan fingerprint density at radius 1 is 1.13 bits per heavy atom. The molecular formula is C16H17NO5S. The maximum atomic E-state index is 12.4. The summed E-state index contributed by atoms with van der Waals surface area (Å²) in [7, 11) is -2.30. The molecule has 1 unspecified atom stereocenters. The van der Waals surface area contributed by atoms with E-state index in [1.54, 1.807) is 42.5 Å². The average molecular weight is 335 g/mol. The summed E-state index contributed by atoms with van der Waals surface area (Å²) in [4.78, 5) is 11.2. The molecule has 0 aromatic heterocycles. The van der Waals surface area contributed by atoms with Gasteiger partial charge in [-0.15, -0.1) is 0 Å². The number of sulfonamides is 1. The summed E-state index contributed by atoms with van der Waals surface area (Å²) >= 11 is 0. The lowest BCUT2D eigenvalue weighted by molar-refractivity contribution is -0.137. The van der Waals surface area contributed by atoms with Crippen LogP contribution in [-0.4, -0.2) is 26.6 Å². The van der Waals surface area contributed by atoms with Crippen LogP contribution in [0, 0.1) is 0 Å². The molecule has 0 radical (unpaired) electrons. The van der Waals surface area contributed by atoms with E-state index in [0.717, 1.165) is 0 Å². The maximum absolute atomic E-state index is 12.4. The van der Waals surface area contributed by atoms with Crippen molar-refractivity contribution < 1.29 is 23.1 Å². The van der Waals surface area contributed by atoms with Crippen LogP contribution in [0.5, 0.6) is 5.75 Å². The van der Waals surface area contributed by atoms with Gasteiger partial charge in [0.1, 0.15) is 5.75 Å². The van der Waals surface area contributed by atoms with Crippen LogP contribution in [-0.2, 0) is 14.8 Å². The molecule has 0 spiro atoms. The third-order valence-electron chi connectivity index (χ3n) is 3.25. The van der Waals surface area contributed by atoms with Gasteiger partial charge in [-0.3, -0.25) is 4.79 Å². The third kappa shape index (κ3) is 4.54. The van der Waals surface area contributed by atoms with Crippen LogP contribution in [0.1, 0.15) is 18.0 Å². The van der Waals surface area contributed by atoms with Gasteiger partial charge in [0.15, 0.2) is 0 Å². The number of hydrogen-bond acceptors (Lipinski definition) is 4. The molecule has 2 aromatic carbocycles. The largest absolute Gasteiger partial charge is 0.497 e. The number of methoxy groups -OCH3 is 1. The van der Waals surface area contributed by atoms with Gasteiger partial charge in [-0.2, -0.15) is 0 Å². The van der Waals surface area contributed by atoms with Crippen LogP contribution in [0.25, 0.3) is 0 Å². The lowest BCUT2D eigenvalue weighted by Crippen LogP contribution is -2.30. The molecule has 7 heteroatoms. The van der Waals surface area contributed by atoms with Gasteiger partial charge in [-0.05, 0) is 29.8 Å². The Labute approximate surface area is 134 Å². The summed E-state index contributed by atoms with van der Waals surface area (Å²) in [5, 5.41) is 9.05. The van der Waals surface area contributed by atoms with Gasteiger partial charge in [0.25, 0.3) is 0 Å². The normalized spacial score (nSPS) is 12.6. The van der Waals surface area contributed by atoms with Crippen LogP contribution < -0.4 is 9.46 Å². The number of carbonyl (C=O) groups is 1. The Morgan fingerprint density at radius 3 is 2.26 bits per heavy atom. The number of carboxylic acid groups (broad SMARTS) is 1. The summed E-state index contributed by atoms with van der Waals surface area (Å²) in [5.41, 5.74) is 0.549. The van der Waals surface area contributed by atoms with Crippen molar-refractivity contribution >= 4 is 16.0 Å². The summed E-state index contributed by atoms with van der Waals surface area (Å²) in [6.07, 6.45) is -0.363. The first kappa shape index (κ1) is 17.0. The summed E-state index contributed by atoms with van der Waals surface area (Å²) in [6, 6.07) is 13.5. The fraction of sp³-hybridized carbons (Fsp3) is 0.188. The topological polar surface area (TPSA) is 92.7 Å². The van der Waals surface area contributed by atoms with Gasteiger partial charge in [-0.25, -0.2) is 13.1 Å². The molecule has 2 N–H and O–H groups in total. The molecule has 2 aromatic rings. The number of carboxylic acids is 1. The quantitative estimate of drug-likeness (QED) is 0.809. The van der Waals surface area contributed by atoms with Crippen LogP contribution in [0.15, 0.2) is 59.5 Å². The Hall–Kier alpha value is -2.38. The molecular weight excluding hydrogens is 318 g/mol. The highest BCUT2D eigenvalue weighted by atomic mass is 32.2. The molecule has 0 aliphatic carbocycles. The lowest BCUT2D eigenvalue weighted by atomic mass is 10.0. The minimum Gasteiger partial charge on any atom is -0.497 e. The molecule has 2 rings (SSSR count). The Balaban J connectivity index is 2.29. The van der Waals surface area contributed by atoms with Gasteiger partial charge < -0.3 is 9.84 Å². The van der Waals surface area contributed by atoms with Crippen molar-refractivity contribution in [2.75, 3.05) is 7.11 Å². The number of ether oxygens (including phenoxy) is 1. The molecule has 23 heavy (non-hydrogen) atoms. The van der Waals surface area contributed by atoms with Crippen molar-refractivity contribution in [3.05, 3.63) is 60.2 Å². The Morgan fingerprint density at radius 2 is 1.74 bits per heavy atom. The second-order valence-electron chi connectivity index (χ2n) is 4.86. The zero-order valence-corrected chi connectivity index (χ0v) is 13.3. The standard InChI is InChI=1S/C16H17NO5S/c1-22-13-9-7-12(8-10-13)15(11-16(18)19)17-23(20,21)14-5-3-2-4-6-14/h2-10,15,17H,11H2,1H3,(H,18,19). The van der Waals surface area contributed by atoms with Crippen LogP contribution in [0.2, 0.25) is 0 Å². The number of hydrogen-bond donors (Lipinski definition) is 2. The first-order valence-corrected chi connectivity index (χ1v) is 8.34. The predicted molar refractivity (Wildman–Crippen MR) is 84.8 cm³/mol. The zero-order chi connectivity index (χ0) is 16.9. The van der Waals surface area contributed by atoms with Crippen molar-refractivity contribution in [3.8, 4) is 5.75 Å². The van der Waals surface area contributed by atoms with Crippen LogP contribution in [0.3, 0.4) is 0 Å². The molecule has 0 heterocycles. The number of aliphatic carboxylic acids is 1. The lowest BCUT2D eigenvalue weighted by Gasteiger charge is -2.18. The van der Waals surface area contributed by atoms with Gasteiger partial charge in [0.05, 0.1) is 24.5 Å². The first-order chi connectivity index (χ1) is 10.9. The van der Waals surface area contributed by atoms with E-state index in [1.165, 1.54) is 19.2 Å². The summed E-state index contributed by atoms with van der Waals surface area (Å²) in [6.45, 7) is 0. The van der Waals surface area contributed by atoms with Gasteiger partial charge >= 0.3 is 5.97 Å². The fourth-order valence-corrected chi connectivity index (χ4v) is 3.34. The molecule has 0 amide bonds. The number of nitrogens with one attached hydrogen (secondary N) is 1. The molecule has 6 nitrogen and oxygen atoms in total. The molecule has 122 valence electrons. The number of rotatable bonds is 7. The van der Waals surface area contributed by atoms with E-state index < -0.39 is 22.0 Å². The van der Waals surface area contributed by atoms with Crippen molar-refractivity contribution in [1.29, 1.82) is 0 Å². The molecule has 0 saturated heterocycles. The second-order valence-corrected chi connectivity index (χ2v) is 6.57. The Bertz CT molecular complexity index is 757. The SMILES string of the molecule is COc1ccc(C(CC(=O)O)NS(=O)(=O)c2ccccc2)cc1. The van der Waals surface area contributed by atoms with Gasteiger partial charge in [0, 0.05) is 0 Å². The summed E-state index contributed by atoms with van der Waals surface area (Å²) < 4.78 is 32.3. The van der Waals surface area contributed by atoms with E-state index in [1.807, 2.05) is 0 Å². The molecule has 0 saturated carbocycles. The highest BCUT2D eigenvalue weighted by Crippen LogP contribution is 2.22. The highest BCUT2D eigenvalue weighted by molar-refractivity contribution is 7.89. The third-order valence-corrected chi connectivity index (χ3v) is 4.74. The van der Waals surface area contributed by atoms with E-state index >= 15 is 0 Å². The van der Waals surface area contributed by atoms with Crippen molar-refractivity contribution in [3.63, 3.8) is 0 Å². The van der Waals surface area contributed by atoms with Crippen LogP contribution in [0.4, 0.5) is 0 Å². The zero-order valence-electron chi connectivity index (χ0n) is 12.5. The van der Waals surface area contributed by atoms with Gasteiger partial charge in [0.2, 0.25) is 10.0 Å². The first-order valence-electron chi connectivity index (χ1n) is 6.85. The molecule has 0 fully saturated rings. The van der Waals surface area contributed by atoms with E-state index in [4.69, 9.17) is 9.84 Å².